The molecule has 0 aromatic heterocycles. The van der Waals surface area contributed by atoms with E-state index < -0.39 is 0 Å². The summed E-state index contributed by atoms with van der Waals surface area (Å²) in [5.74, 6) is 1.65. The minimum atomic E-state index is 0.275. The fourth-order valence-electron chi connectivity index (χ4n) is 3.60. The molecule has 0 spiro atoms. The molecule has 76 valence electrons. The molecule has 0 amide bonds. The molecule has 4 atom stereocenters. The second-order valence-electron chi connectivity index (χ2n) is 4.98. The SMILES string of the molecule is CCCC12CCCC(C(C)O1)C2C. The molecule has 2 rings (SSSR count). The zero-order valence-electron chi connectivity index (χ0n) is 9.18. The van der Waals surface area contributed by atoms with Gasteiger partial charge >= 0.3 is 0 Å². The van der Waals surface area contributed by atoms with Gasteiger partial charge < -0.3 is 4.74 Å². The minimum Gasteiger partial charge on any atom is -0.371 e. The molecule has 1 nitrogen and oxygen atoms in total. The van der Waals surface area contributed by atoms with Crippen molar-refractivity contribution in [1.82, 2.24) is 0 Å². The maximum atomic E-state index is 6.23. The van der Waals surface area contributed by atoms with Crippen molar-refractivity contribution in [2.24, 2.45) is 11.8 Å². The van der Waals surface area contributed by atoms with Gasteiger partial charge in [-0.1, -0.05) is 26.7 Å². The van der Waals surface area contributed by atoms with Gasteiger partial charge in [-0.15, -0.1) is 0 Å². The van der Waals surface area contributed by atoms with Crippen LogP contribution in [0.1, 0.15) is 52.9 Å². The van der Waals surface area contributed by atoms with Gasteiger partial charge in [0, 0.05) is 0 Å². The van der Waals surface area contributed by atoms with E-state index in [4.69, 9.17) is 4.74 Å². The molecule has 1 saturated carbocycles. The number of ether oxygens (including phenoxy) is 1. The summed E-state index contributed by atoms with van der Waals surface area (Å²) in [5, 5.41) is 0. The molecule has 1 aliphatic carbocycles. The van der Waals surface area contributed by atoms with Gasteiger partial charge in [-0.2, -0.15) is 0 Å². The van der Waals surface area contributed by atoms with E-state index in [-0.39, 0.29) is 5.60 Å². The van der Waals surface area contributed by atoms with Crippen LogP contribution in [0.4, 0.5) is 0 Å². The van der Waals surface area contributed by atoms with E-state index in [1.54, 1.807) is 0 Å². The number of fused-ring (bicyclic) bond motifs is 2. The van der Waals surface area contributed by atoms with E-state index in [1.807, 2.05) is 0 Å². The maximum Gasteiger partial charge on any atom is 0.0715 e. The van der Waals surface area contributed by atoms with E-state index >= 15 is 0 Å². The van der Waals surface area contributed by atoms with Gasteiger partial charge in [0.05, 0.1) is 11.7 Å². The summed E-state index contributed by atoms with van der Waals surface area (Å²) in [6.45, 7) is 6.95. The van der Waals surface area contributed by atoms with Crippen LogP contribution in [-0.4, -0.2) is 11.7 Å². The first kappa shape index (κ1) is 9.51. The molecule has 0 N–H and O–H groups in total. The zero-order chi connectivity index (χ0) is 9.47. The maximum absolute atomic E-state index is 6.23. The zero-order valence-corrected chi connectivity index (χ0v) is 9.18. The summed E-state index contributed by atoms with van der Waals surface area (Å²) in [5.41, 5.74) is 0.275. The van der Waals surface area contributed by atoms with E-state index in [2.05, 4.69) is 20.8 Å². The van der Waals surface area contributed by atoms with Crippen LogP contribution >= 0.6 is 0 Å². The highest BCUT2D eigenvalue weighted by molar-refractivity contribution is 5.01. The third-order valence-corrected chi connectivity index (χ3v) is 4.31. The first-order valence-electron chi connectivity index (χ1n) is 5.87. The van der Waals surface area contributed by atoms with Crippen molar-refractivity contribution in [2.75, 3.05) is 0 Å². The molecule has 2 bridgehead atoms. The Kier molecular flexibility index (Phi) is 2.39. The molecule has 1 heteroatoms. The molecule has 0 aromatic rings. The lowest BCUT2D eigenvalue weighted by Crippen LogP contribution is -2.38. The third-order valence-electron chi connectivity index (χ3n) is 4.31. The molecule has 1 heterocycles. The Morgan fingerprint density at radius 1 is 1.38 bits per heavy atom. The first-order chi connectivity index (χ1) is 6.19. The van der Waals surface area contributed by atoms with E-state index in [0.29, 0.717) is 6.10 Å². The molecule has 1 aliphatic heterocycles. The lowest BCUT2D eigenvalue weighted by Gasteiger charge is -2.37. The van der Waals surface area contributed by atoms with Crippen LogP contribution in [0.2, 0.25) is 0 Å². The molecule has 2 fully saturated rings. The van der Waals surface area contributed by atoms with Crippen molar-refractivity contribution < 1.29 is 4.74 Å². The van der Waals surface area contributed by atoms with Crippen LogP contribution in [0.3, 0.4) is 0 Å². The second kappa shape index (κ2) is 3.27. The minimum absolute atomic E-state index is 0.275. The fourth-order valence-corrected chi connectivity index (χ4v) is 3.60. The Morgan fingerprint density at radius 3 is 2.85 bits per heavy atom. The molecule has 2 aliphatic rings. The molecule has 1 saturated heterocycles. The summed E-state index contributed by atoms with van der Waals surface area (Å²) in [6, 6.07) is 0. The summed E-state index contributed by atoms with van der Waals surface area (Å²) in [6.07, 6.45) is 7.15. The van der Waals surface area contributed by atoms with Crippen molar-refractivity contribution >= 4 is 0 Å². The van der Waals surface area contributed by atoms with Crippen molar-refractivity contribution in [3.05, 3.63) is 0 Å². The van der Waals surface area contributed by atoms with E-state index in [9.17, 15) is 0 Å². The third kappa shape index (κ3) is 1.32. The van der Waals surface area contributed by atoms with Crippen LogP contribution in [0.5, 0.6) is 0 Å². The number of hydrogen-bond acceptors (Lipinski definition) is 1. The first-order valence-corrected chi connectivity index (χ1v) is 5.87. The van der Waals surface area contributed by atoms with Gasteiger partial charge in [0.1, 0.15) is 0 Å². The summed E-state index contributed by atoms with van der Waals surface area (Å²) in [7, 11) is 0. The monoisotopic (exact) mass is 182 g/mol. The average molecular weight is 182 g/mol. The Bertz CT molecular complexity index is 186. The number of hydrogen-bond donors (Lipinski definition) is 0. The summed E-state index contributed by atoms with van der Waals surface area (Å²) < 4.78 is 6.23. The topological polar surface area (TPSA) is 9.23 Å². The molecule has 0 radical (unpaired) electrons. The largest absolute Gasteiger partial charge is 0.371 e. The van der Waals surface area contributed by atoms with E-state index in [1.165, 1.54) is 32.1 Å². The molecular formula is C12H22O. The van der Waals surface area contributed by atoms with Gasteiger partial charge in [-0.3, -0.25) is 0 Å². The van der Waals surface area contributed by atoms with Gasteiger partial charge in [0.2, 0.25) is 0 Å². The summed E-state index contributed by atoms with van der Waals surface area (Å²) >= 11 is 0. The van der Waals surface area contributed by atoms with Crippen molar-refractivity contribution in [2.45, 2.75) is 64.6 Å². The predicted octanol–water partition coefficient (Wildman–Crippen LogP) is 3.38. The Morgan fingerprint density at radius 2 is 2.15 bits per heavy atom. The lowest BCUT2D eigenvalue weighted by atomic mass is 9.69. The summed E-state index contributed by atoms with van der Waals surface area (Å²) in [4.78, 5) is 0. The van der Waals surface area contributed by atoms with Crippen LogP contribution in [-0.2, 0) is 4.74 Å². The van der Waals surface area contributed by atoms with E-state index in [0.717, 1.165) is 11.8 Å². The van der Waals surface area contributed by atoms with Crippen LogP contribution < -0.4 is 0 Å². The van der Waals surface area contributed by atoms with Crippen molar-refractivity contribution in [1.29, 1.82) is 0 Å². The van der Waals surface area contributed by atoms with Crippen molar-refractivity contribution in [3.63, 3.8) is 0 Å². The number of rotatable bonds is 2. The normalized spacial score (nSPS) is 49.6. The standard InChI is InChI=1S/C12H22O/c1-4-7-12-8-5-6-11(9(12)2)10(3)13-12/h9-11H,4-8H2,1-3H3. The Labute approximate surface area is 81.9 Å². The lowest BCUT2D eigenvalue weighted by molar-refractivity contribution is -0.0609. The van der Waals surface area contributed by atoms with Crippen LogP contribution in [0.25, 0.3) is 0 Å². The van der Waals surface area contributed by atoms with Gasteiger partial charge in [-0.25, -0.2) is 0 Å². The van der Waals surface area contributed by atoms with Gasteiger partial charge in [0.25, 0.3) is 0 Å². The average Bonchev–Trinajstić information content (AvgIpc) is 2.26. The predicted molar refractivity (Wildman–Crippen MR) is 54.7 cm³/mol. The molecular weight excluding hydrogens is 160 g/mol. The quantitative estimate of drug-likeness (QED) is 0.636. The molecule has 0 aromatic carbocycles. The molecule has 4 unspecified atom stereocenters. The van der Waals surface area contributed by atoms with Crippen LogP contribution in [0, 0.1) is 11.8 Å². The Hall–Kier alpha value is -0.0400. The Balaban J connectivity index is 2.18. The molecule has 13 heavy (non-hydrogen) atoms. The highest BCUT2D eigenvalue weighted by Crippen LogP contribution is 2.51. The highest BCUT2D eigenvalue weighted by atomic mass is 16.5. The van der Waals surface area contributed by atoms with Crippen LogP contribution in [0.15, 0.2) is 0 Å². The second-order valence-corrected chi connectivity index (χ2v) is 4.98. The fraction of sp³-hybridized carbons (Fsp3) is 1.00. The van der Waals surface area contributed by atoms with Gasteiger partial charge in [-0.05, 0) is 38.0 Å². The van der Waals surface area contributed by atoms with Crippen molar-refractivity contribution in [3.8, 4) is 0 Å². The van der Waals surface area contributed by atoms with Gasteiger partial charge in [0.15, 0.2) is 0 Å². The highest BCUT2D eigenvalue weighted by Gasteiger charge is 2.52. The smallest absolute Gasteiger partial charge is 0.0715 e.